The second-order valence-electron chi connectivity index (χ2n) is 3.89. The number of hydrogen-bond acceptors (Lipinski definition) is 3. The van der Waals surface area contributed by atoms with Crippen LogP contribution in [0.15, 0.2) is 4.99 Å². The van der Waals surface area contributed by atoms with Crippen molar-refractivity contribution < 1.29 is 4.74 Å². The fraction of sp³-hybridized carbons (Fsp3) is 0.900. The van der Waals surface area contributed by atoms with E-state index >= 15 is 0 Å². The molecule has 1 rings (SSSR count). The van der Waals surface area contributed by atoms with Gasteiger partial charge in [-0.3, -0.25) is 10.4 Å². The zero-order valence-corrected chi connectivity index (χ0v) is 9.70. The number of hydrogen-bond donors (Lipinski definition) is 2. The number of aliphatic imine (C=N–C) groups is 1. The van der Waals surface area contributed by atoms with Crippen LogP contribution in [0.3, 0.4) is 0 Å². The molecule has 0 amide bonds. The van der Waals surface area contributed by atoms with Gasteiger partial charge in [0.1, 0.15) is 0 Å². The Balaban J connectivity index is 2.31. The molecule has 1 aliphatic rings. The first kappa shape index (κ1) is 12.3. The van der Waals surface area contributed by atoms with Crippen LogP contribution in [0.25, 0.3) is 0 Å². The Morgan fingerprint density at radius 2 is 2.33 bits per heavy atom. The number of hydrazine groups is 1. The van der Waals surface area contributed by atoms with E-state index in [1.54, 1.807) is 7.11 Å². The number of rotatable bonds is 5. The van der Waals surface area contributed by atoms with Crippen molar-refractivity contribution in [3.8, 4) is 0 Å². The summed E-state index contributed by atoms with van der Waals surface area (Å²) < 4.78 is 4.96. The molecular weight excluding hydrogens is 192 g/mol. The molecular formula is C10H22N4O. The van der Waals surface area contributed by atoms with Gasteiger partial charge in [-0.15, -0.1) is 0 Å². The maximum absolute atomic E-state index is 5.45. The zero-order valence-electron chi connectivity index (χ0n) is 9.70. The maximum atomic E-state index is 5.45. The van der Waals surface area contributed by atoms with Crippen LogP contribution >= 0.6 is 0 Å². The lowest BCUT2D eigenvalue weighted by atomic mass is 9.92. The van der Waals surface area contributed by atoms with Gasteiger partial charge in [-0.25, -0.2) is 5.84 Å². The van der Waals surface area contributed by atoms with Crippen molar-refractivity contribution in [1.82, 2.24) is 10.3 Å². The van der Waals surface area contributed by atoms with Crippen LogP contribution in [0, 0.1) is 0 Å². The van der Waals surface area contributed by atoms with Crippen molar-refractivity contribution in [3.63, 3.8) is 0 Å². The fourth-order valence-electron chi connectivity index (χ4n) is 1.60. The summed E-state index contributed by atoms with van der Waals surface area (Å²) in [5.41, 5.74) is 2.66. The van der Waals surface area contributed by atoms with Gasteiger partial charge < -0.3 is 9.64 Å². The molecule has 0 spiro atoms. The van der Waals surface area contributed by atoms with Crippen molar-refractivity contribution in [2.45, 2.75) is 31.7 Å². The molecule has 0 aliphatic heterocycles. The summed E-state index contributed by atoms with van der Waals surface area (Å²) in [5.74, 6) is 6.24. The van der Waals surface area contributed by atoms with Crippen LogP contribution in [0.5, 0.6) is 0 Å². The van der Waals surface area contributed by atoms with Gasteiger partial charge in [0.25, 0.3) is 0 Å². The second-order valence-corrected chi connectivity index (χ2v) is 3.89. The van der Waals surface area contributed by atoms with E-state index in [2.05, 4.69) is 15.3 Å². The molecule has 0 radical (unpaired) electrons. The molecule has 0 aromatic carbocycles. The number of methoxy groups -OCH3 is 1. The molecule has 3 N–H and O–H groups in total. The van der Waals surface area contributed by atoms with E-state index in [1.807, 2.05) is 7.05 Å². The molecule has 5 heteroatoms. The highest BCUT2D eigenvalue weighted by Crippen LogP contribution is 2.23. The minimum atomic E-state index is 0.613. The first-order valence-electron chi connectivity index (χ1n) is 5.52. The molecule has 0 unspecified atom stereocenters. The van der Waals surface area contributed by atoms with Crippen molar-refractivity contribution >= 4 is 5.96 Å². The second kappa shape index (κ2) is 6.63. The summed E-state index contributed by atoms with van der Waals surface area (Å²) in [6.45, 7) is 1.50. The Bertz CT molecular complexity index is 204. The van der Waals surface area contributed by atoms with Crippen LogP contribution < -0.4 is 11.3 Å². The lowest BCUT2D eigenvalue weighted by Crippen LogP contribution is -2.49. The van der Waals surface area contributed by atoms with E-state index in [0.717, 1.165) is 25.5 Å². The van der Waals surface area contributed by atoms with Crippen molar-refractivity contribution in [3.05, 3.63) is 0 Å². The molecule has 0 saturated heterocycles. The molecule has 0 aromatic heterocycles. The normalized spacial score (nSPS) is 17.4. The molecule has 0 atom stereocenters. The minimum absolute atomic E-state index is 0.613. The largest absolute Gasteiger partial charge is 0.385 e. The van der Waals surface area contributed by atoms with E-state index < -0.39 is 0 Å². The lowest BCUT2D eigenvalue weighted by Gasteiger charge is -2.36. The Labute approximate surface area is 91.6 Å². The molecule has 15 heavy (non-hydrogen) atoms. The standard InChI is InChI=1S/C10H22N4O/c1-14(9-5-3-6-9)10(13-11)12-7-4-8-15-2/h9H,3-8,11H2,1-2H3,(H,12,13). The predicted octanol–water partition coefficient (Wildman–Crippen LogP) is 0.327. The van der Waals surface area contributed by atoms with Gasteiger partial charge >= 0.3 is 0 Å². The van der Waals surface area contributed by atoms with Crippen LogP contribution in [0.1, 0.15) is 25.7 Å². The number of ether oxygens (including phenoxy) is 1. The molecule has 5 nitrogen and oxygen atoms in total. The van der Waals surface area contributed by atoms with E-state index in [-0.39, 0.29) is 0 Å². The summed E-state index contributed by atoms with van der Waals surface area (Å²) in [6.07, 6.45) is 4.74. The molecule has 0 aromatic rings. The predicted molar refractivity (Wildman–Crippen MR) is 61.5 cm³/mol. The molecule has 88 valence electrons. The van der Waals surface area contributed by atoms with E-state index in [1.165, 1.54) is 19.3 Å². The summed E-state index contributed by atoms with van der Waals surface area (Å²) >= 11 is 0. The van der Waals surface area contributed by atoms with Gasteiger partial charge in [0.05, 0.1) is 0 Å². The van der Waals surface area contributed by atoms with Gasteiger partial charge in [0, 0.05) is 33.4 Å². The van der Waals surface area contributed by atoms with E-state index in [9.17, 15) is 0 Å². The number of nitrogens with zero attached hydrogens (tertiary/aromatic N) is 2. The van der Waals surface area contributed by atoms with Crippen molar-refractivity contribution in [1.29, 1.82) is 0 Å². The molecule has 1 aliphatic carbocycles. The highest BCUT2D eigenvalue weighted by atomic mass is 16.5. The van der Waals surface area contributed by atoms with Crippen LogP contribution in [-0.4, -0.2) is 44.2 Å². The van der Waals surface area contributed by atoms with Crippen molar-refractivity contribution in [2.24, 2.45) is 10.8 Å². The Morgan fingerprint density at radius 3 is 2.80 bits per heavy atom. The monoisotopic (exact) mass is 214 g/mol. The Hall–Kier alpha value is -0.810. The highest BCUT2D eigenvalue weighted by molar-refractivity contribution is 5.79. The Morgan fingerprint density at radius 1 is 1.60 bits per heavy atom. The molecule has 1 saturated carbocycles. The Kier molecular flexibility index (Phi) is 5.42. The summed E-state index contributed by atoms with van der Waals surface area (Å²) in [4.78, 5) is 6.54. The summed E-state index contributed by atoms with van der Waals surface area (Å²) in [7, 11) is 3.74. The lowest BCUT2D eigenvalue weighted by molar-refractivity contribution is 0.196. The number of nitrogens with two attached hydrogens (primary N) is 1. The third kappa shape index (κ3) is 3.68. The van der Waals surface area contributed by atoms with Crippen LogP contribution in [0.4, 0.5) is 0 Å². The average molecular weight is 214 g/mol. The topological polar surface area (TPSA) is 62.9 Å². The summed E-state index contributed by atoms with van der Waals surface area (Å²) in [6, 6.07) is 0.613. The third-order valence-electron chi connectivity index (χ3n) is 2.85. The van der Waals surface area contributed by atoms with Gasteiger partial charge in [0.15, 0.2) is 0 Å². The van der Waals surface area contributed by atoms with Gasteiger partial charge in [-0.2, -0.15) is 0 Å². The first-order valence-corrected chi connectivity index (χ1v) is 5.52. The highest BCUT2D eigenvalue weighted by Gasteiger charge is 2.23. The van der Waals surface area contributed by atoms with E-state index in [0.29, 0.717) is 6.04 Å². The molecule has 0 bridgehead atoms. The minimum Gasteiger partial charge on any atom is -0.385 e. The smallest absolute Gasteiger partial charge is 0.208 e. The van der Waals surface area contributed by atoms with Gasteiger partial charge in [-0.05, 0) is 25.7 Å². The number of nitrogens with one attached hydrogen (secondary N) is 1. The first-order chi connectivity index (χ1) is 7.29. The van der Waals surface area contributed by atoms with Crippen molar-refractivity contribution in [2.75, 3.05) is 27.3 Å². The van der Waals surface area contributed by atoms with Crippen LogP contribution in [0.2, 0.25) is 0 Å². The molecule has 1 fully saturated rings. The molecule has 0 heterocycles. The fourth-order valence-corrected chi connectivity index (χ4v) is 1.60. The van der Waals surface area contributed by atoms with Gasteiger partial charge in [0.2, 0.25) is 5.96 Å². The average Bonchev–Trinajstić information content (AvgIpc) is 2.15. The SMILES string of the molecule is COCCCN=C(NN)N(C)C1CCC1. The van der Waals surface area contributed by atoms with Gasteiger partial charge in [-0.1, -0.05) is 0 Å². The summed E-state index contributed by atoms with van der Waals surface area (Å²) in [5, 5.41) is 0. The third-order valence-corrected chi connectivity index (χ3v) is 2.85. The number of guanidine groups is 1. The van der Waals surface area contributed by atoms with E-state index in [4.69, 9.17) is 10.6 Å². The van der Waals surface area contributed by atoms with Crippen LogP contribution in [-0.2, 0) is 4.74 Å². The maximum Gasteiger partial charge on any atom is 0.208 e. The zero-order chi connectivity index (χ0) is 11.1. The quantitative estimate of drug-likeness (QED) is 0.227.